The Kier molecular flexibility index (Phi) is 8.74. The molecule has 0 aliphatic heterocycles. The molecular formula is C6H13Cl2N3O. The van der Waals surface area contributed by atoms with Gasteiger partial charge in [-0.05, 0) is 0 Å². The number of imidazole rings is 1. The summed E-state index contributed by atoms with van der Waals surface area (Å²) in [5.41, 5.74) is 6.28. The van der Waals surface area contributed by atoms with Gasteiger partial charge < -0.3 is 15.5 Å². The number of aromatic amines is 1. The Labute approximate surface area is 83.7 Å². The normalized spacial score (nSPS) is 8.50. The molecule has 0 bridgehead atoms. The molecule has 4 nitrogen and oxygen atoms in total. The van der Waals surface area contributed by atoms with Gasteiger partial charge in [0.2, 0.25) is 0 Å². The van der Waals surface area contributed by atoms with Crippen LogP contribution in [0.4, 0.5) is 0 Å². The zero-order valence-electron chi connectivity index (χ0n) is 6.74. The van der Waals surface area contributed by atoms with Gasteiger partial charge in [-0.3, -0.25) is 0 Å². The van der Waals surface area contributed by atoms with E-state index in [9.17, 15) is 0 Å². The minimum absolute atomic E-state index is 0. The van der Waals surface area contributed by atoms with E-state index >= 15 is 0 Å². The summed E-state index contributed by atoms with van der Waals surface area (Å²) in [4.78, 5) is 7.02. The Morgan fingerprint density at radius 2 is 2.25 bits per heavy atom. The number of halogens is 2. The Morgan fingerprint density at radius 1 is 1.58 bits per heavy atom. The quantitative estimate of drug-likeness (QED) is 0.784. The first-order chi connectivity index (χ1) is 4.86. The Balaban J connectivity index is 0. The minimum atomic E-state index is 0. The molecule has 0 spiro atoms. The number of hydrogen-bond acceptors (Lipinski definition) is 3. The first-order valence-electron chi connectivity index (χ1n) is 3.08. The van der Waals surface area contributed by atoms with Crippen LogP contribution in [0.15, 0.2) is 6.20 Å². The van der Waals surface area contributed by atoms with Crippen molar-refractivity contribution in [1.82, 2.24) is 9.97 Å². The van der Waals surface area contributed by atoms with Gasteiger partial charge >= 0.3 is 0 Å². The van der Waals surface area contributed by atoms with Gasteiger partial charge in [-0.25, -0.2) is 4.98 Å². The van der Waals surface area contributed by atoms with Crippen LogP contribution >= 0.6 is 24.8 Å². The molecule has 0 saturated heterocycles. The highest BCUT2D eigenvalue weighted by molar-refractivity contribution is 5.85. The van der Waals surface area contributed by atoms with Crippen LogP contribution in [0.3, 0.4) is 0 Å². The smallest absolute Gasteiger partial charge is 0.132 e. The highest BCUT2D eigenvalue weighted by Gasteiger charge is 1.95. The van der Waals surface area contributed by atoms with E-state index < -0.39 is 0 Å². The van der Waals surface area contributed by atoms with Crippen molar-refractivity contribution in [2.75, 3.05) is 7.11 Å². The van der Waals surface area contributed by atoms with Crippen molar-refractivity contribution >= 4 is 24.8 Å². The number of nitrogens with zero attached hydrogens (tertiary/aromatic N) is 1. The predicted octanol–water partition coefficient (Wildman–Crippen LogP) is 0.858. The summed E-state index contributed by atoms with van der Waals surface area (Å²) in [7, 11) is 1.63. The molecule has 0 aromatic carbocycles. The number of nitrogens with two attached hydrogens (primary N) is 1. The number of ether oxygens (including phenoxy) is 1. The molecule has 0 atom stereocenters. The molecule has 1 aromatic heterocycles. The molecule has 3 N–H and O–H groups in total. The van der Waals surface area contributed by atoms with Crippen LogP contribution in [0, 0.1) is 0 Å². The summed E-state index contributed by atoms with van der Waals surface area (Å²) >= 11 is 0. The summed E-state index contributed by atoms with van der Waals surface area (Å²) in [5.74, 6) is 0.822. The molecule has 1 rings (SSSR count). The molecule has 0 amide bonds. The molecule has 0 aliphatic carbocycles. The number of nitrogens with one attached hydrogen (secondary N) is 1. The first-order valence-corrected chi connectivity index (χ1v) is 3.08. The SMILES string of the molecule is COCc1ncc(CN)[nH]1.Cl.Cl. The van der Waals surface area contributed by atoms with Gasteiger partial charge in [0, 0.05) is 25.5 Å². The van der Waals surface area contributed by atoms with E-state index in [2.05, 4.69) is 9.97 Å². The summed E-state index contributed by atoms with van der Waals surface area (Å²) < 4.78 is 4.85. The lowest BCUT2D eigenvalue weighted by Crippen LogP contribution is -1.96. The molecule has 0 saturated carbocycles. The van der Waals surface area contributed by atoms with Crippen molar-refractivity contribution in [3.05, 3.63) is 17.7 Å². The number of hydrogen-bond donors (Lipinski definition) is 2. The lowest BCUT2D eigenvalue weighted by Gasteiger charge is -1.91. The van der Waals surface area contributed by atoms with E-state index in [0.29, 0.717) is 13.2 Å². The molecule has 0 unspecified atom stereocenters. The third-order valence-corrected chi connectivity index (χ3v) is 1.18. The zero-order valence-corrected chi connectivity index (χ0v) is 8.37. The van der Waals surface area contributed by atoms with Crippen molar-refractivity contribution in [3.63, 3.8) is 0 Å². The van der Waals surface area contributed by atoms with Gasteiger partial charge in [0.1, 0.15) is 12.4 Å². The van der Waals surface area contributed by atoms with Crippen LogP contribution in [0.5, 0.6) is 0 Å². The average molecular weight is 214 g/mol. The van der Waals surface area contributed by atoms with Crippen molar-refractivity contribution in [1.29, 1.82) is 0 Å². The Morgan fingerprint density at radius 3 is 2.67 bits per heavy atom. The lowest BCUT2D eigenvalue weighted by molar-refractivity contribution is 0.178. The summed E-state index contributed by atoms with van der Waals surface area (Å²) in [6.07, 6.45) is 1.72. The molecule has 0 radical (unpaired) electrons. The monoisotopic (exact) mass is 213 g/mol. The molecule has 72 valence electrons. The molecule has 6 heteroatoms. The standard InChI is InChI=1S/C6H11N3O.2ClH/c1-10-4-6-8-3-5(2-7)9-6;;/h3H,2,4,7H2,1H3,(H,8,9);2*1H. The molecule has 0 aliphatic rings. The zero-order chi connectivity index (χ0) is 7.40. The van der Waals surface area contributed by atoms with Gasteiger partial charge in [0.25, 0.3) is 0 Å². The fraction of sp³-hybridized carbons (Fsp3) is 0.500. The van der Waals surface area contributed by atoms with Crippen molar-refractivity contribution in [3.8, 4) is 0 Å². The van der Waals surface area contributed by atoms with Crippen molar-refractivity contribution < 1.29 is 4.74 Å². The molecule has 1 heterocycles. The minimum Gasteiger partial charge on any atom is -0.377 e. The predicted molar refractivity (Wildman–Crippen MR) is 51.7 cm³/mol. The maximum Gasteiger partial charge on any atom is 0.132 e. The summed E-state index contributed by atoms with van der Waals surface area (Å²) in [6, 6.07) is 0. The highest BCUT2D eigenvalue weighted by atomic mass is 35.5. The van der Waals surface area contributed by atoms with Crippen LogP contribution in [0.25, 0.3) is 0 Å². The van der Waals surface area contributed by atoms with Crippen LogP contribution in [-0.4, -0.2) is 17.1 Å². The van der Waals surface area contributed by atoms with Crippen LogP contribution in [0.1, 0.15) is 11.5 Å². The van der Waals surface area contributed by atoms with E-state index in [4.69, 9.17) is 10.5 Å². The lowest BCUT2D eigenvalue weighted by atomic mass is 10.5. The highest BCUT2D eigenvalue weighted by Crippen LogP contribution is 1.95. The Bertz CT molecular complexity index is 204. The van der Waals surface area contributed by atoms with Crippen LogP contribution in [0.2, 0.25) is 0 Å². The van der Waals surface area contributed by atoms with Crippen LogP contribution in [-0.2, 0) is 17.9 Å². The topological polar surface area (TPSA) is 63.9 Å². The third kappa shape index (κ3) is 3.92. The van der Waals surface area contributed by atoms with Crippen LogP contribution < -0.4 is 5.73 Å². The molecule has 0 fully saturated rings. The summed E-state index contributed by atoms with van der Waals surface area (Å²) in [5, 5.41) is 0. The maximum atomic E-state index is 5.35. The molecule has 12 heavy (non-hydrogen) atoms. The molecule has 1 aromatic rings. The van der Waals surface area contributed by atoms with Gasteiger partial charge in [-0.15, -0.1) is 24.8 Å². The van der Waals surface area contributed by atoms with E-state index in [1.54, 1.807) is 13.3 Å². The van der Waals surface area contributed by atoms with Gasteiger partial charge in [-0.1, -0.05) is 0 Å². The Hall–Kier alpha value is -0.290. The van der Waals surface area contributed by atoms with Gasteiger partial charge in [0.15, 0.2) is 0 Å². The average Bonchev–Trinajstić information content (AvgIpc) is 2.37. The second-order valence-corrected chi connectivity index (χ2v) is 1.99. The number of methoxy groups -OCH3 is 1. The van der Waals surface area contributed by atoms with E-state index in [1.807, 2.05) is 0 Å². The number of rotatable bonds is 3. The van der Waals surface area contributed by atoms with E-state index in [0.717, 1.165) is 11.5 Å². The summed E-state index contributed by atoms with van der Waals surface area (Å²) in [6.45, 7) is 1.01. The third-order valence-electron chi connectivity index (χ3n) is 1.18. The maximum absolute atomic E-state index is 5.35. The van der Waals surface area contributed by atoms with Crippen molar-refractivity contribution in [2.45, 2.75) is 13.2 Å². The number of H-pyrrole nitrogens is 1. The van der Waals surface area contributed by atoms with Crippen molar-refractivity contribution in [2.24, 2.45) is 5.73 Å². The fourth-order valence-corrected chi connectivity index (χ4v) is 0.720. The number of aromatic nitrogens is 2. The fourth-order valence-electron chi connectivity index (χ4n) is 0.720. The largest absolute Gasteiger partial charge is 0.377 e. The van der Waals surface area contributed by atoms with E-state index in [1.165, 1.54) is 0 Å². The first kappa shape index (κ1) is 14.2. The molecular weight excluding hydrogens is 201 g/mol. The van der Waals surface area contributed by atoms with Gasteiger partial charge in [-0.2, -0.15) is 0 Å². The second kappa shape index (κ2) is 7.36. The second-order valence-electron chi connectivity index (χ2n) is 1.99. The van der Waals surface area contributed by atoms with E-state index in [-0.39, 0.29) is 24.8 Å². The van der Waals surface area contributed by atoms with Gasteiger partial charge in [0.05, 0.1) is 0 Å².